The number of rotatable bonds is 4. The Bertz CT molecular complexity index is 893. The summed E-state index contributed by atoms with van der Waals surface area (Å²) in [5.74, 6) is 1.13. The number of amides is 1. The first-order valence-corrected chi connectivity index (χ1v) is 8.57. The molecule has 6 heteroatoms. The standard InChI is InChI=1S/C19H20N4O2/c1-13-20-10-11-23(13)15-8-6-14(7-9-15)12-21-19(24)18-16-4-2-3-5-17(16)22-25-18/h6-11H,2-5,12H2,1H3,(H,21,24). The highest BCUT2D eigenvalue weighted by molar-refractivity contribution is 5.93. The van der Waals surface area contributed by atoms with Crippen molar-refractivity contribution in [3.63, 3.8) is 0 Å². The lowest BCUT2D eigenvalue weighted by molar-refractivity contribution is 0.0912. The second-order valence-electron chi connectivity index (χ2n) is 6.34. The summed E-state index contributed by atoms with van der Waals surface area (Å²) in [6.07, 6.45) is 7.69. The number of carbonyl (C=O) groups excluding carboxylic acids is 1. The molecule has 0 unspecified atom stereocenters. The molecular formula is C19H20N4O2. The van der Waals surface area contributed by atoms with Gasteiger partial charge in [-0.05, 0) is 50.3 Å². The normalized spacial score (nSPS) is 13.5. The molecule has 6 nitrogen and oxygen atoms in total. The van der Waals surface area contributed by atoms with Crippen LogP contribution in [0.4, 0.5) is 0 Å². The van der Waals surface area contributed by atoms with E-state index in [4.69, 9.17) is 4.52 Å². The van der Waals surface area contributed by atoms with Crippen molar-refractivity contribution < 1.29 is 9.32 Å². The van der Waals surface area contributed by atoms with Crippen molar-refractivity contribution in [1.82, 2.24) is 20.0 Å². The molecule has 1 aliphatic rings. The van der Waals surface area contributed by atoms with E-state index >= 15 is 0 Å². The third kappa shape index (κ3) is 3.07. The van der Waals surface area contributed by atoms with Gasteiger partial charge in [0.15, 0.2) is 0 Å². The molecular weight excluding hydrogens is 316 g/mol. The second kappa shape index (κ2) is 6.55. The highest BCUT2D eigenvalue weighted by Crippen LogP contribution is 2.23. The number of nitrogens with zero attached hydrogens (tertiary/aromatic N) is 3. The van der Waals surface area contributed by atoms with E-state index in [1.54, 1.807) is 6.20 Å². The molecule has 2 aromatic heterocycles. The van der Waals surface area contributed by atoms with Crippen LogP contribution in [-0.2, 0) is 19.4 Å². The lowest BCUT2D eigenvalue weighted by Gasteiger charge is -2.10. The van der Waals surface area contributed by atoms with Gasteiger partial charge in [0.1, 0.15) is 5.82 Å². The summed E-state index contributed by atoms with van der Waals surface area (Å²) >= 11 is 0. The van der Waals surface area contributed by atoms with Crippen molar-refractivity contribution in [2.24, 2.45) is 0 Å². The zero-order valence-electron chi connectivity index (χ0n) is 14.2. The van der Waals surface area contributed by atoms with Crippen molar-refractivity contribution in [3.05, 3.63) is 65.1 Å². The van der Waals surface area contributed by atoms with Gasteiger partial charge in [-0.15, -0.1) is 0 Å². The van der Waals surface area contributed by atoms with E-state index in [1.165, 1.54) is 0 Å². The largest absolute Gasteiger partial charge is 0.350 e. The summed E-state index contributed by atoms with van der Waals surface area (Å²) in [7, 11) is 0. The number of aromatic nitrogens is 3. The Labute approximate surface area is 145 Å². The Morgan fingerprint density at radius 2 is 2.04 bits per heavy atom. The maximum Gasteiger partial charge on any atom is 0.290 e. The molecule has 3 aromatic rings. The van der Waals surface area contributed by atoms with Crippen molar-refractivity contribution in [1.29, 1.82) is 0 Å². The molecule has 0 radical (unpaired) electrons. The number of fused-ring (bicyclic) bond motifs is 1. The van der Waals surface area contributed by atoms with Crippen LogP contribution in [0, 0.1) is 6.92 Å². The van der Waals surface area contributed by atoms with E-state index in [2.05, 4.69) is 15.5 Å². The van der Waals surface area contributed by atoms with E-state index < -0.39 is 0 Å². The van der Waals surface area contributed by atoms with Crippen LogP contribution in [0.2, 0.25) is 0 Å². The molecule has 0 spiro atoms. The van der Waals surface area contributed by atoms with E-state index in [0.717, 1.165) is 54.0 Å². The van der Waals surface area contributed by atoms with Crippen LogP contribution in [-0.4, -0.2) is 20.6 Å². The first kappa shape index (κ1) is 15.6. The average Bonchev–Trinajstić information content (AvgIpc) is 3.26. The maximum absolute atomic E-state index is 12.4. The van der Waals surface area contributed by atoms with Gasteiger partial charge in [-0.3, -0.25) is 4.79 Å². The third-order valence-corrected chi connectivity index (χ3v) is 4.66. The van der Waals surface area contributed by atoms with Gasteiger partial charge in [-0.25, -0.2) is 4.98 Å². The number of aryl methyl sites for hydroxylation is 2. The molecule has 4 rings (SSSR count). The van der Waals surface area contributed by atoms with E-state index in [-0.39, 0.29) is 5.91 Å². The van der Waals surface area contributed by atoms with Gasteiger partial charge in [-0.2, -0.15) is 0 Å². The molecule has 1 aromatic carbocycles. The zero-order chi connectivity index (χ0) is 17.2. The van der Waals surface area contributed by atoms with Gasteiger partial charge in [0, 0.05) is 30.2 Å². The van der Waals surface area contributed by atoms with Gasteiger partial charge >= 0.3 is 0 Å². The van der Waals surface area contributed by atoms with Crippen LogP contribution in [0.5, 0.6) is 0 Å². The minimum atomic E-state index is -0.190. The van der Waals surface area contributed by atoms with Crippen LogP contribution in [0.1, 0.15) is 46.0 Å². The molecule has 0 bridgehead atoms. The number of carbonyl (C=O) groups is 1. The van der Waals surface area contributed by atoms with Crippen molar-refractivity contribution in [2.45, 2.75) is 39.2 Å². The monoisotopic (exact) mass is 336 g/mol. The lowest BCUT2D eigenvalue weighted by atomic mass is 9.96. The first-order valence-electron chi connectivity index (χ1n) is 8.57. The lowest BCUT2D eigenvalue weighted by Crippen LogP contribution is -2.23. The predicted octanol–water partition coefficient (Wildman–Crippen LogP) is 2.98. The summed E-state index contributed by atoms with van der Waals surface area (Å²) in [4.78, 5) is 16.6. The van der Waals surface area contributed by atoms with Gasteiger partial charge in [0.2, 0.25) is 5.76 Å². The Morgan fingerprint density at radius 3 is 2.80 bits per heavy atom. The van der Waals surface area contributed by atoms with Crippen LogP contribution < -0.4 is 5.32 Å². The topological polar surface area (TPSA) is 73.0 Å². The van der Waals surface area contributed by atoms with Gasteiger partial charge in [0.25, 0.3) is 5.91 Å². The van der Waals surface area contributed by atoms with Crippen LogP contribution in [0.15, 0.2) is 41.2 Å². The molecule has 0 atom stereocenters. The third-order valence-electron chi connectivity index (χ3n) is 4.66. The molecule has 1 aliphatic carbocycles. The fourth-order valence-corrected chi connectivity index (χ4v) is 3.26. The Balaban J connectivity index is 1.42. The summed E-state index contributed by atoms with van der Waals surface area (Å²) in [5.41, 5.74) is 4.00. The molecule has 1 amide bonds. The van der Waals surface area contributed by atoms with Crippen LogP contribution in [0.3, 0.4) is 0 Å². The molecule has 25 heavy (non-hydrogen) atoms. The molecule has 0 saturated heterocycles. The predicted molar refractivity (Wildman–Crippen MR) is 92.6 cm³/mol. The molecule has 0 aliphatic heterocycles. The summed E-state index contributed by atoms with van der Waals surface area (Å²) in [6, 6.07) is 8.05. The SMILES string of the molecule is Cc1nccn1-c1ccc(CNC(=O)c2onc3c2CCCC3)cc1. The number of nitrogens with one attached hydrogen (secondary N) is 1. The molecule has 0 saturated carbocycles. The summed E-state index contributed by atoms with van der Waals surface area (Å²) in [5, 5.41) is 6.96. The van der Waals surface area contributed by atoms with Crippen LogP contribution >= 0.6 is 0 Å². The number of benzene rings is 1. The Morgan fingerprint density at radius 1 is 1.24 bits per heavy atom. The smallest absolute Gasteiger partial charge is 0.290 e. The molecule has 0 fully saturated rings. The van der Waals surface area contributed by atoms with E-state index in [0.29, 0.717) is 12.3 Å². The molecule has 128 valence electrons. The fraction of sp³-hybridized carbons (Fsp3) is 0.316. The van der Waals surface area contributed by atoms with Gasteiger partial charge in [-0.1, -0.05) is 17.3 Å². The first-order chi connectivity index (χ1) is 12.2. The minimum Gasteiger partial charge on any atom is -0.350 e. The van der Waals surface area contributed by atoms with E-state index in [1.807, 2.05) is 42.0 Å². The minimum absolute atomic E-state index is 0.190. The molecule has 1 N–H and O–H groups in total. The summed E-state index contributed by atoms with van der Waals surface area (Å²) < 4.78 is 7.29. The average molecular weight is 336 g/mol. The quantitative estimate of drug-likeness (QED) is 0.795. The Hall–Kier alpha value is -2.89. The van der Waals surface area contributed by atoms with Crippen molar-refractivity contribution >= 4 is 5.91 Å². The fourth-order valence-electron chi connectivity index (χ4n) is 3.26. The highest BCUT2D eigenvalue weighted by atomic mass is 16.5. The number of imidazole rings is 1. The Kier molecular flexibility index (Phi) is 4.09. The number of hydrogen-bond donors (Lipinski definition) is 1. The van der Waals surface area contributed by atoms with Crippen LogP contribution in [0.25, 0.3) is 5.69 Å². The summed E-state index contributed by atoms with van der Waals surface area (Å²) in [6.45, 7) is 2.42. The van der Waals surface area contributed by atoms with Gasteiger partial charge < -0.3 is 14.4 Å². The second-order valence-corrected chi connectivity index (χ2v) is 6.34. The number of hydrogen-bond acceptors (Lipinski definition) is 4. The van der Waals surface area contributed by atoms with E-state index in [9.17, 15) is 4.79 Å². The maximum atomic E-state index is 12.4. The van der Waals surface area contributed by atoms with Gasteiger partial charge in [0.05, 0.1) is 5.69 Å². The van der Waals surface area contributed by atoms with Crippen molar-refractivity contribution in [3.8, 4) is 5.69 Å². The highest BCUT2D eigenvalue weighted by Gasteiger charge is 2.23. The zero-order valence-corrected chi connectivity index (χ0v) is 14.2. The van der Waals surface area contributed by atoms with Crippen molar-refractivity contribution in [2.75, 3.05) is 0 Å². The molecule has 2 heterocycles.